The lowest BCUT2D eigenvalue weighted by Gasteiger charge is -2.13. The van der Waals surface area contributed by atoms with Gasteiger partial charge in [-0.25, -0.2) is 0 Å². The van der Waals surface area contributed by atoms with Crippen LogP contribution in [0.3, 0.4) is 0 Å². The predicted molar refractivity (Wildman–Crippen MR) is 104 cm³/mol. The molecule has 0 spiro atoms. The molecule has 0 aliphatic rings. The van der Waals surface area contributed by atoms with Crippen molar-refractivity contribution in [2.45, 2.75) is 20.0 Å². The Morgan fingerprint density at radius 2 is 1.96 bits per heavy atom. The molecule has 0 saturated carbocycles. The van der Waals surface area contributed by atoms with Crippen LogP contribution < -0.4 is 15.4 Å². The van der Waals surface area contributed by atoms with Crippen molar-refractivity contribution in [3.05, 3.63) is 59.4 Å². The van der Waals surface area contributed by atoms with Crippen molar-refractivity contribution in [3.8, 4) is 5.75 Å². The average Bonchev–Trinajstić information content (AvgIpc) is 2.57. The lowest BCUT2D eigenvalue weighted by molar-refractivity contribution is 0.411. The van der Waals surface area contributed by atoms with Crippen molar-refractivity contribution in [2.24, 2.45) is 4.99 Å². The number of guanidine groups is 1. The molecule has 1 aromatic heterocycles. The van der Waals surface area contributed by atoms with Gasteiger partial charge in [-0.3, -0.25) is 9.98 Å². The highest BCUT2D eigenvalue weighted by atomic mass is 127. The number of halogens is 1. The summed E-state index contributed by atoms with van der Waals surface area (Å²) in [6.07, 6.45) is 1.78. The molecule has 0 bridgehead atoms. The molecule has 0 saturated heterocycles. The van der Waals surface area contributed by atoms with Crippen LogP contribution in [0, 0.1) is 6.92 Å². The van der Waals surface area contributed by atoms with Gasteiger partial charge in [-0.1, -0.05) is 18.2 Å². The SMILES string of the molecule is CN=C(NCc1ccc(C)c(OC)c1)NCc1ccccn1.I. The summed E-state index contributed by atoms with van der Waals surface area (Å²) in [7, 11) is 3.44. The summed E-state index contributed by atoms with van der Waals surface area (Å²) >= 11 is 0. The summed E-state index contributed by atoms with van der Waals surface area (Å²) in [6, 6.07) is 12.0. The van der Waals surface area contributed by atoms with Crippen molar-refractivity contribution in [1.29, 1.82) is 0 Å². The lowest BCUT2D eigenvalue weighted by atomic mass is 10.1. The molecule has 6 heteroatoms. The maximum atomic E-state index is 5.34. The van der Waals surface area contributed by atoms with Gasteiger partial charge in [-0.2, -0.15) is 0 Å². The number of methoxy groups -OCH3 is 1. The topological polar surface area (TPSA) is 58.5 Å². The first kappa shape index (κ1) is 19.2. The van der Waals surface area contributed by atoms with Crippen LogP contribution in [0.4, 0.5) is 0 Å². The molecule has 0 amide bonds. The Morgan fingerprint density at radius 3 is 2.61 bits per heavy atom. The van der Waals surface area contributed by atoms with Crippen LogP contribution in [0.2, 0.25) is 0 Å². The third kappa shape index (κ3) is 6.05. The van der Waals surface area contributed by atoms with Crippen LogP contribution >= 0.6 is 24.0 Å². The average molecular weight is 426 g/mol. The predicted octanol–water partition coefficient (Wildman–Crippen LogP) is 2.88. The van der Waals surface area contributed by atoms with Gasteiger partial charge in [0.1, 0.15) is 5.75 Å². The maximum Gasteiger partial charge on any atom is 0.191 e. The molecule has 2 rings (SSSR count). The van der Waals surface area contributed by atoms with E-state index >= 15 is 0 Å². The largest absolute Gasteiger partial charge is 0.496 e. The van der Waals surface area contributed by atoms with Gasteiger partial charge in [-0.05, 0) is 36.2 Å². The molecule has 0 radical (unpaired) electrons. The Balaban J connectivity index is 0.00000264. The Kier molecular flexibility index (Phi) is 8.39. The summed E-state index contributed by atoms with van der Waals surface area (Å²) in [6.45, 7) is 3.35. The number of hydrogen-bond donors (Lipinski definition) is 2. The normalized spacial score (nSPS) is 10.7. The second-order valence-corrected chi connectivity index (χ2v) is 4.90. The smallest absolute Gasteiger partial charge is 0.191 e. The molecule has 1 aromatic carbocycles. The van der Waals surface area contributed by atoms with Gasteiger partial charge in [0, 0.05) is 19.8 Å². The third-order valence-electron chi connectivity index (χ3n) is 3.32. The first-order valence-electron chi connectivity index (χ1n) is 7.21. The van der Waals surface area contributed by atoms with E-state index in [0.717, 1.165) is 28.5 Å². The molecular weight excluding hydrogens is 403 g/mol. The van der Waals surface area contributed by atoms with Crippen molar-refractivity contribution < 1.29 is 4.74 Å². The van der Waals surface area contributed by atoms with Crippen LogP contribution in [0.5, 0.6) is 5.75 Å². The molecule has 0 fully saturated rings. The van der Waals surface area contributed by atoms with E-state index in [1.54, 1.807) is 20.4 Å². The minimum Gasteiger partial charge on any atom is -0.496 e. The number of nitrogens with zero attached hydrogens (tertiary/aromatic N) is 2. The van der Waals surface area contributed by atoms with Crippen LogP contribution in [0.1, 0.15) is 16.8 Å². The van der Waals surface area contributed by atoms with Gasteiger partial charge in [0.15, 0.2) is 5.96 Å². The monoisotopic (exact) mass is 426 g/mol. The van der Waals surface area contributed by atoms with E-state index in [-0.39, 0.29) is 24.0 Å². The molecule has 0 unspecified atom stereocenters. The highest BCUT2D eigenvalue weighted by molar-refractivity contribution is 14.0. The standard InChI is InChI=1S/C17H22N4O.HI/c1-13-7-8-14(10-16(13)22-3)11-20-17(18-2)21-12-15-6-4-5-9-19-15;/h4-10H,11-12H2,1-3H3,(H2,18,20,21);1H. The summed E-state index contributed by atoms with van der Waals surface area (Å²) in [5.41, 5.74) is 3.25. The molecule has 0 aliphatic carbocycles. The van der Waals surface area contributed by atoms with E-state index < -0.39 is 0 Å². The minimum atomic E-state index is 0. The molecule has 23 heavy (non-hydrogen) atoms. The molecule has 5 nitrogen and oxygen atoms in total. The van der Waals surface area contributed by atoms with Gasteiger partial charge in [-0.15, -0.1) is 24.0 Å². The van der Waals surface area contributed by atoms with Crippen molar-refractivity contribution in [1.82, 2.24) is 15.6 Å². The van der Waals surface area contributed by atoms with E-state index in [1.807, 2.05) is 31.2 Å². The van der Waals surface area contributed by atoms with Crippen LogP contribution in [-0.2, 0) is 13.1 Å². The van der Waals surface area contributed by atoms with Crippen molar-refractivity contribution in [3.63, 3.8) is 0 Å². The molecule has 0 atom stereocenters. The molecule has 1 heterocycles. The minimum absolute atomic E-state index is 0. The number of aromatic nitrogens is 1. The Morgan fingerprint density at radius 1 is 1.17 bits per heavy atom. The zero-order chi connectivity index (χ0) is 15.8. The van der Waals surface area contributed by atoms with Gasteiger partial charge in [0.2, 0.25) is 0 Å². The van der Waals surface area contributed by atoms with Gasteiger partial charge < -0.3 is 15.4 Å². The third-order valence-corrected chi connectivity index (χ3v) is 3.32. The molecule has 2 aromatic rings. The van der Waals surface area contributed by atoms with E-state index in [9.17, 15) is 0 Å². The first-order chi connectivity index (χ1) is 10.7. The van der Waals surface area contributed by atoms with E-state index in [0.29, 0.717) is 13.1 Å². The number of ether oxygens (including phenoxy) is 1. The zero-order valence-corrected chi connectivity index (χ0v) is 16.0. The van der Waals surface area contributed by atoms with Gasteiger partial charge >= 0.3 is 0 Å². The number of hydrogen-bond acceptors (Lipinski definition) is 3. The first-order valence-corrected chi connectivity index (χ1v) is 7.21. The van der Waals surface area contributed by atoms with E-state index in [1.165, 1.54) is 0 Å². The quantitative estimate of drug-likeness (QED) is 0.439. The number of pyridine rings is 1. The number of rotatable bonds is 5. The fraction of sp³-hybridized carbons (Fsp3) is 0.294. The second-order valence-electron chi connectivity index (χ2n) is 4.90. The second kappa shape index (κ2) is 10.0. The zero-order valence-electron chi connectivity index (χ0n) is 13.7. The van der Waals surface area contributed by atoms with Crippen LogP contribution in [-0.4, -0.2) is 25.1 Å². The lowest BCUT2D eigenvalue weighted by Crippen LogP contribution is -2.36. The van der Waals surface area contributed by atoms with E-state index in [4.69, 9.17) is 4.74 Å². The highest BCUT2D eigenvalue weighted by Crippen LogP contribution is 2.18. The summed E-state index contributed by atoms with van der Waals surface area (Å²) in [4.78, 5) is 8.49. The van der Waals surface area contributed by atoms with Gasteiger partial charge in [0.25, 0.3) is 0 Å². The Hall–Kier alpha value is -1.83. The Bertz CT molecular complexity index is 632. The summed E-state index contributed by atoms with van der Waals surface area (Å²) in [5, 5.41) is 6.52. The molecule has 0 aliphatic heterocycles. The fourth-order valence-corrected chi connectivity index (χ4v) is 2.06. The number of aryl methyl sites for hydroxylation is 1. The number of benzene rings is 1. The summed E-state index contributed by atoms with van der Waals surface area (Å²) < 4.78 is 5.34. The highest BCUT2D eigenvalue weighted by Gasteiger charge is 2.02. The number of nitrogens with one attached hydrogen (secondary N) is 2. The number of aliphatic imine (C=N–C) groups is 1. The van der Waals surface area contributed by atoms with Crippen LogP contribution in [0.25, 0.3) is 0 Å². The molecular formula is C17H23IN4O. The van der Waals surface area contributed by atoms with Gasteiger partial charge in [0.05, 0.1) is 19.3 Å². The maximum absolute atomic E-state index is 5.34. The van der Waals surface area contributed by atoms with Crippen molar-refractivity contribution in [2.75, 3.05) is 14.2 Å². The van der Waals surface area contributed by atoms with Crippen molar-refractivity contribution >= 4 is 29.9 Å². The Labute approximate surface area is 154 Å². The van der Waals surface area contributed by atoms with E-state index in [2.05, 4.69) is 32.7 Å². The summed E-state index contributed by atoms with van der Waals surface area (Å²) in [5.74, 6) is 1.64. The molecule has 2 N–H and O–H groups in total. The van der Waals surface area contributed by atoms with Crippen LogP contribution in [0.15, 0.2) is 47.6 Å². The molecule has 124 valence electrons. The fourth-order valence-electron chi connectivity index (χ4n) is 2.06.